The van der Waals surface area contributed by atoms with Crippen LogP contribution in [0.5, 0.6) is 0 Å². The van der Waals surface area contributed by atoms with Gasteiger partial charge in [0.1, 0.15) is 0 Å². The zero-order chi connectivity index (χ0) is 12.4. The molecule has 0 fully saturated rings. The molecule has 0 saturated heterocycles. The van der Waals surface area contributed by atoms with Crippen molar-refractivity contribution in [2.45, 2.75) is 32.6 Å². The van der Waals surface area contributed by atoms with Gasteiger partial charge < -0.3 is 5.11 Å². The first-order chi connectivity index (χ1) is 7.45. The van der Waals surface area contributed by atoms with Gasteiger partial charge in [-0.2, -0.15) is 8.42 Å². The van der Waals surface area contributed by atoms with Crippen molar-refractivity contribution >= 4 is 16.0 Å². The Morgan fingerprint density at radius 2 is 2.06 bits per heavy atom. The van der Waals surface area contributed by atoms with Crippen molar-refractivity contribution in [2.24, 2.45) is 4.99 Å². The van der Waals surface area contributed by atoms with E-state index in [2.05, 4.69) is 11.9 Å². The van der Waals surface area contributed by atoms with E-state index in [0.29, 0.717) is 0 Å². The molecule has 0 aliphatic carbocycles. The van der Waals surface area contributed by atoms with Crippen molar-refractivity contribution in [3.63, 3.8) is 0 Å². The third-order valence-corrected chi connectivity index (χ3v) is 2.55. The third kappa shape index (κ3) is 16.8. The number of nitrogens with zero attached hydrogens (tertiary/aromatic N) is 1. The molecule has 0 radical (unpaired) electrons. The number of aliphatic imine (C=N–C) groups is 1. The van der Waals surface area contributed by atoms with E-state index in [4.69, 9.17) is 4.55 Å². The molecule has 5 nitrogen and oxygen atoms in total. The minimum atomic E-state index is -4.02. The normalized spacial score (nSPS) is 12.7. The van der Waals surface area contributed by atoms with Crippen molar-refractivity contribution in [2.75, 3.05) is 12.3 Å². The fraction of sp³-hybridized carbons (Fsp3) is 0.700. The third-order valence-electron chi connectivity index (χ3n) is 1.85. The van der Waals surface area contributed by atoms with Gasteiger partial charge in [-0.15, -0.1) is 0 Å². The number of hydrogen-bond donors (Lipinski definition) is 1. The molecule has 0 atom stereocenters. The molecule has 17 heavy (non-hydrogen) atoms. The average molecular weight is 287 g/mol. The predicted octanol–water partition coefficient (Wildman–Crippen LogP) is -2.23. The van der Waals surface area contributed by atoms with Gasteiger partial charge in [0.05, 0.1) is 12.3 Å². The van der Waals surface area contributed by atoms with Crippen LogP contribution in [0.3, 0.4) is 0 Å². The monoisotopic (exact) mass is 287 g/mol. The maximum Gasteiger partial charge on any atom is 1.00 e. The zero-order valence-corrected chi connectivity index (χ0v) is 14.4. The average Bonchev–Trinajstić information content (AvgIpc) is 2.15. The van der Waals surface area contributed by atoms with Crippen LogP contribution in [0.25, 0.3) is 0 Å². The van der Waals surface area contributed by atoms with E-state index in [0.717, 1.165) is 25.7 Å². The Bertz CT molecular complexity index is 338. The smallest absolute Gasteiger partial charge is 0.859 e. The molecule has 0 aliphatic heterocycles. The number of rotatable bonds is 8. The number of hydrogen-bond acceptors (Lipinski definition) is 4. The van der Waals surface area contributed by atoms with Gasteiger partial charge in [0.25, 0.3) is 10.1 Å². The van der Waals surface area contributed by atoms with Gasteiger partial charge in [0, 0.05) is 0 Å². The van der Waals surface area contributed by atoms with E-state index in [1.165, 1.54) is 6.08 Å². The first-order valence-electron chi connectivity index (χ1n) is 5.29. The molecule has 0 aromatic heterocycles. The summed E-state index contributed by atoms with van der Waals surface area (Å²) in [6.45, 7) is 1.90. The van der Waals surface area contributed by atoms with E-state index >= 15 is 0 Å². The summed E-state index contributed by atoms with van der Waals surface area (Å²) in [4.78, 5) is 3.46. The van der Waals surface area contributed by atoms with Gasteiger partial charge in [0.15, 0.2) is 0 Å². The van der Waals surface area contributed by atoms with Gasteiger partial charge in [0.2, 0.25) is 0 Å². The standard InChI is InChI=1S/C10H19NO4S.K/c1-2-3-4-5-6-7-10(12)11-8-9-16(13,14)15;/h6-7H,2-5,8-9H2,1H3,(H,11,12)(H,13,14,15);/q;+1/p-1/b7-6+;. The maximum atomic E-state index is 11.0. The largest absolute Gasteiger partial charge is 1.00 e. The van der Waals surface area contributed by atoms with E-state index in [9.17, 15) is 13.5 Å². The molecule has 94 valence electrons. The summed E-state index contributed by atoms with van der Waals surface area (Å²) in [6, 6.07) is 0. The Morgan fingerprint density at radius 1 is 1.41 bits per heavy atom. The van der Waals surface area contributed by atoms with Crippen LogP contribution in [-0.4, -0.2) is 31.2 Å². The van der Waals surface area contributed by atoms with Crippen molar-refractivity contribution in [1.82, 2.24) is 0 Å². The van der Waals surface area contributed by atoms with E-state index in [1.54, 1.807) is 6.08 Å². The van der Waals surface area contributed by atoms with Gasteiger partial charge in [-0.05, 0) is 18.7 Å². The van der Waals surface area contributed by atoms with Crippen LogP contribution in [0.15, 0.2) is 17.1 Å². The molecular formula is C10H18KNO4S. The molecule has 0 aromatic carbocycles. The summed E-state index contributed by atoms with van der Waals surface area (Å²) in [5.74, 6) is -0.970. The zero-order valence-electron chi connectivity index (χ0n) is 10.4. The summed E-state index contributed by atoms with van der Waals surface area (Å²) >= 11 is 0. The molecular weight excluding hydrogens is 269 g/mol. The Balaban J connectivity index is 0. The van der Waals surface area contributed by atoms with Crippen LogP contribution in [0.1, 0.15) is 32.6 Å². The van der Waals surface area contributed by atoms with Crippen molar-refractivity contribution < 1.29 is 69.5 Å². The molecule has 0 rings (SSSR count). The Hall–Kier alpha value is 0.756. The fourth-order valence-corrected chi connectivity index (χ4v) is 1.34. The SMILES string of the molecule is CCCCC/C=C/C([O-])=NCCS(=O)(=O)O.[K+]. The van der Waals surface area contributed by atoms with Gasteiger partial charge >= 0.3 is 51.4 Å². The second-order valence-electron chi connectivity index (χ2n) is 3.40. The van der Waals surface area contributed by atoms with Gasteiger partial charge in [-0.25, -0.2) is 0 Å². The molecule has 0 unspecified atom stereocenters. The van der Waals surface area contributed by atoms with Gasteiger partial charge in [-0.3, -0.25) is 9.55 Å². The van der Waals surface area contributed by atoms with Gasteiger partial charge in [-0.1, -0.05) is 31.9 Å². The Kier molecular flexibility index (Phi) is 14.0. The van der Waals surface area contributed by atoms with Crippen LogP contribution in [0, 0.1) is 0 Å². The topological polar surface area (TPSA) is 89.8 Å². The predicted molar refractivity (Wildman–Crippen MR) is 62.0 cm³/mol. The summed E-state index contributed by atoms with van der Waals surface area (Å²) in [6.07, 6.45) is 7.17. The minimum absolute atomic E-state index is 0. The molecule has 7 heteroatoms. The van der Waals surface area contributed by atoms with Crippen molar-refractivity contribution in [3.8, 4) is 0 Å². The maximum absolute atomic E-state index is 11.0. The second-order valence-corrected chi connectivity index (χ2v) is 4.98. The Labute approximate surface area is 146 Å². The first-order valence-corrected chi connectivity index (χ1v) is 6.90. The first kappa shape index (κ1) is 20.1. The molecule has 0 aliphatic rings. The van der Waals surface area contributed by atoms with Crippen LogP contribution in [0.2, 0.25) is 0 Å². The van der Waals surface area contributed by atoms with Crippen molar-refractivity contribution in [3.05, 3.63) is 12.2 Å². The van der Waals surface area contributed by atoms with Crippen LogP contribution < -0.4 is 56.5 Å². The van der Waals surface area contributed by atoms with E-state index in [1.807, 2.05) is 0 Å². The van der Waals surface area contributed by atoms with E-state index < -0.39 is 21.8 Å². The number of allylic oxidation sites excluding steroid dienone is 1. The molecule has 0 heterocycles. The van der Waals surface area contributed by atoms with Crippen LogP contribution in [0.4, 0.5) is 0 Å². The molecule has 0 amide bonds. The van der Waals surface area contributed by atoms with Crippen molar-refractivity contribution in [1.29, 1.82) is 0 Å². The summed E-state index contributed by atoms with van der Waals surface area (Å²) in [5, 5.41) is 11.0. The molecule has 0 saturated carbocycles. The fourth-order valence-electron chi connectivity index (χ4n) is 1.02. The summed E-state index contributed by atoms with van der Waals surface area (Å²) < 4.78 is 29.0. The summed E-state index contributed by atoms with van der Waals surface area (Å²) in [7, 11) is -4.02. The van der Waals surface area contributed by atoms with E-state index in [-0.39, 0.29) is 57.9 Å². The quantitative estimate of drug-likeness (QED) is 0.180. The molecule has 0 spiro atoms. The van der Waals surface area contributed by atoms with Crippen LogP contribution in [-0.2, 0) is 10.1 Å². The van der Waals surface area contributed by atoms with Crippen LogP contribution >= 0.6 is 0 Å². The Morgan fingerprint density at radius 3 is 2.59 bits per heavy atom. The summed E-state index contributed by atoms with van der Waals surface area (Å²) in [5.41, 5.74) is 0. The minimum Gasteiger partial charge on any atom is -0.859 e. The molecule has 1 N–H and O–H groups in total. The number of unbranched alkanes of at least 4 members (excludes halogenated alkanes) is 3. The molecule has 0 aromatic rings. The molecule has 0 bridgehead atoms. The second kappa shape index (κ2) is 11.8.